The number of rotatable bonds is 7. The van der Waals surface area contributed by atoms with Crippen LogP contribution in [0, 0.1) is 0 Å². The van der Waals surface area contributed by atoms with Crippen LogP contribution in [0.15, 0.2) is 78.4 Å². The first-order valence-electron chi connectivity index (χ1n) is 13.0. The lowest BCUT2D eigenvalue weighted by Gasteiger charge is -2.41. The highest BCUT2D eigenvalue weighted by atomic mass is 35.5. The van der Waals surface area contributed by atoms with Crippen molar-refractivity contribution in [2.24, 2.45) is 0 Å². The summed E-state index contributed by atoms with van der Waals surface area (Å²) >= 11 is 12.3. The highest BCUT2D eigenvalue weighted by Gasteiger charge is 2.50. The van der Waals surface area contributed by atoms with Crippen molar-refractivity contribution in [2.45, 2.75) is 36.9 Å². The number of benzene rings is 3. The number of carbonyl (C=O) groups excluding carboxylic acids is 2. The van der Waals surface area contributed by atoms with Gasteiger partial charge in [0.15, 0.2) is 0 Å². The molecule has 3 aromatic carbocycles. The van der Waals surface area contributed by atoms with Crippen LogP contribution in [0.1, 0.15) is 33.0 Å². The van der Waals surface area contributed by atoms with E-state index in [1.165, 1.54) is 23.1 Å². The van der Waals surface area contributed by atoms with Gasteiger partial charge in [-0.3, -0.25) is 9.59 Å². The minimum absolute atomic E-state index is 0.0270. The van der Waals surface area contributed by atoms with Crippen molar-refractivity contribution in [1.29, 1.82) is 0 Å². The molecule has 0 radical (unpaired) electrons. The molecule has 0 bridgehead atoms. The van der Waals surface area contributed by atoms with Crippen LogP contribution in [0.4, 0.5) is 13.2 Å². The summed E-state index contributed by atoms with van der Waals surface area (Å²) in [5.41, 5.74) is 0.432. The van der Waals surface area contributed by atoms with Crippen molar-refractivity contribution < 1.29 is 37.7 Å². The number of ether oxygens (including phenoxy) is 1. The molecular weight excluding hydrogens is 596 g/mol. The second-order valence-corrected chi connectivity index (χ2v) is 10.8. The zero-order chi connectivity index (χ0) is 30.2. The predicted octanol–water partition coefficient (Wildman–Crippen LogP) is 4.98. The number of halogens is 5. The topological polar surface area (TPSA) is 99.1 Å². The highest BCUT2D eigenvalue weighted by molar-refractivity contribution is 6.42. The summed E-state index contributed by atoms with van der Waals surface area (Å²) in [6.45, 7) is -0.465. The molecule has 1 heterocycles. The molecule has 0 saturated carbocycles. The molecule has 1 aliphatic carbocycles. The average molecular weight is 621 g/mol. The van der Waals surface area contributed by atoms with Gasteiger partial charge in [0.05, 0.1) is 34.2 Å². The van der Waals surface area contributed by atoms with Gasteiger partial charge in [-0.05, 0) is 54.1 Å². The van der Waals surface area contributed by atoms with E-state index in [1.807, 2.05) is 0 Å². The van der Waals surface area contributed by atoms with Crippen LogP contribution < -0.4 is 10.1 Å². The van der Waals surface area contributed by atoms with Crippen LogP contribution in [0.25, 0.3) is 0 Å². The van der Waals surface area contributed by atoms with E-state index in [1.54, 1.807) is 30.3 Å². The fourth-order valence-corrected chi connectivity index (χ4v) is 5.63. The van der Waals surface area contributed by atoms with Crippen LogP contribution in [-0.4, -0.2) is 58.3 Å². The summed E-state index contributed by atoms with van der Waals surface area (Å²) < 4.78 is 45.7. The van der Waals surface area contributed by atoms with Gasteiger partial charge in [-0.15, -0.1) is 0 Å². The van der Waals surface area contributed by atoms with Gasteiger partial charge in [0.25, 0.3) is 5.91 Å². The number of aliphatic hydroxyl groups is 2. The lowest BCUT2D eigenvalue weighted by molar-refractivity contribution is -0.137. The molecule has 1 aliphatic heterocycles. The van der Waals surface area contributed by atoms with Crippen molar-refractivity contribution in [1.82, 2.24) is 10.2 Å². The number of aliphatic hydroxyl groups excluding tert-OH is 2. The second-order valence-electron chi connectivity index (χ2n) is 9.94. The van der Waals surface area contributed by atoms with Gasteiger partial charge < -0.3 is 25.2 Å². The van der Waals surface area contributed by atoms with Gasteiger partial charge in [0.2, 0.25) is 5.91 Å². The number of hydrogen-bond acceptors (Lipinski definition) is 5. The number of nitrogens with one attached hydrogen (secondary N) is 1. The number of carbonyl (C=O) groups is 2. The second kappa shape index (κ2) is 12.0. The molecular formula is C30H25Cl2F3N2O5. The quantitative estimate of drug-likeness (QED) is 0.346. The van der Waals surface area contributed by atoms with Crippen molar-refractivity contribution in [3.05, 3.63) is 111 Å². The molecule has 2 amide bonds. The molecule has 0 spiro atoms. The van der Waals surface area contributed by atoms with E-state index < -0.39 is 47.7 Å². The average Bonchev–Trinajstić information content (AvgIpc) is 3.36. The largest absolute Gasteiger partial charge is 0.486 e. The lowest BCUT2D eigenvalue weighted by atomic mass is 9.77. The van der Waals surface area contributed by atoms with E-state index in [-0.39, 0.29) is 40.9 Å². The van der Waals surface area contributed by atoms with E-state index >= 15 is 0 Å². The van der Waals surface area contributed by atoms with Crippen LogP contribution in [0.3, 0.4) is 0 Å². The molecule has 5 rings (SSSR count). The lowest BCUT2D eigenvalue weighted by Crippen LogP contribution is -2.55. The number of amides is 2. The fourth-order valence-electron chi connectivity index (χ4n) is 5.31. The van der Waals surface area contributed by atoms with Gasteiger partial charge in [-0.25, -0.2) is 0 Å². The number of hydrogen-bond donors (Lipinski definition) is 3. The molecule has 4 atom stereocenters. The van der Waals surface area contributed by atoms with E-state index in [2.05, 4.69) is 5.32 Å². The Labute approximate surface area is 249 Å². The molecule has 0 unspecified atom stereocenters. The minimum Gasteiger partial charge on any atom is -0.486 e. The van der Waals surface area contributed by atoms with E-state index in [9.17, 15) is 33.0 Å². The Balaban J connectivity index is 1.59. The monoisotopic (exact) mass is 620 g/mol. The first-order chi connectivity index (χ1) is 20.0. The molecule has 0 aromatic heterocycles. The minimum atomic E-state index is -4.59. The third kappa shape index (κ3) is 5.85. The Morgan fingerprint density at radius 2 is 1.71 bits per heavy atom. The van der Waals surface area contributed by atoms with Gasteiger partial charge in [0.1, 0.15) is 18.0 Å². The summed E-state index contributed by atoms with van der Waals surface area (Å²) in [5.74, 6) is -1.41. The number of nitrogens with zero attached hydrogens (tertiary/aromatic N) is 1. The van der Waals surface area contributed by atoms with E-state index in [4.69, 9.17) is 27.9 Å². The first kappa shape index (κ1) is 29.9. The Morgan fingerprint density at radius 1 is 1.00 bits per heavy atom. The van der Waals surface area contributed by atoms with Crippen molar-refractivity contribution in [3.8, 4) is 5.75 Å². The molecule has 2 aliphatic rings. The van der Waals surface area contributed by atoms with Crippen LogP contribution >= 0.6 is 23.2 Å². The van der Waals surface area contributed by atoms with Crippen molar-refractivity contribution in [3.63, 3.8) is 0 Å². The highest BCUT2D eigenvalue weighted by Crippen LogP contribution is 2.47. The maximum atomic E-state index is 13.9. The summed E-state index contributed by atoms with van der Waals surface area (Å²) in [7, 11) is 0. The van der Waals surface area contributed by atoms with Crippen molar-refractivity contribution >= 4 is 35.0 Å². The van der Waals surface area contributed by atoms with Crippen LogP contribution in [0.5, 0.6) is 5.75 Å². The SMILES string of the molecule is O=C(NCCO)C1=C[C@@H](N(Cc2ccc(Cl)c(Cl)c2)C(=O)c2ccc(C(F)(F)F)cc2)[C@H](O)[C@H]2Oc3ccccc3[C@@H]12. The Morgan fingerprint density at radius 3 is 2.38 bits per heavy atom. The summed E-state index contributed by atoms with van der Waals surface area (Å²) in [6, 6.07) is 14.3. The van der Waals surface area contributed by atoms with Gasteiger partial charge >= 0.3 is 6.18 Å². The molecule has 3 aromatic rings. The Hall–Kier alpha value is -3.57. The van der Waals surface area contributed by atoms with Gasteiger partial charge in [0, 0.05) is 29.8 Å². The molecule has 3 N–H and O–H groups in total. The summed E-state index contributed by atoms with van der Waals surface area (Å²) in [4.78, 5) is 28.5. The van der Waals surface area contributed by atoms with Gasteiger partial charge in [-0.1, -0.05) is 47.5 Å². The smallest absolute Gasteiger partial charge is 0.416 e. The van der Waals surface area contributed by atoms with E-state index in [0.29, 0.717) is 16.9 Å². The zero-order valence-corrected chi connectivity index (χ0v) is 23.3. The van der Waals surface area contributed by atoms with E-state index in [0.717, 1.165) is 24.3 Å². The summed E-state index contributed by atoms with van der Waals surface area (Å²) in [6.07, 6.45) is -5.41. The molecule has 220 valence electrons. The van der Waals surface area contributed by atoms with Crippen LogP contribution in [0.2, 0.25) is 10.0 Å². The molecule has 0 fully saturated rings. The fraction of sp³-hybridized carbons (Fsp3) is 0.267. The molecule has 42 heavy (non-hydrogen) atoms. The molecule has 7 nitrogen and oxygen atoms in total. The predicted molar refractivity (Wildman–Crippen MR) is 149 cm³/mol. The van der Waals surface area contributed by atoms with Gasteiger partial charge in [-0.2, -0.15) is 13.2 Å². The number of para-hydroxylation sites is 1. The van der Waals surface area contributed by atoms with Crippen molar-refractivity contribution in [2.75, 3.05) is 13.2 Å². The maximum absolute atomic E-state index is 13.9. The maximum Gasteiger partial charge on any atom is 0.416 e. The number of alkyl halides is 3. The molecule has 12 heteroatoms. The normalized spacial score (nSPS) is 21.1. The first-order valence-corrected chi connectivity index (χ1v) is 13.7. The van der Waals surface area contributed by atoms with Crippen LogP contribution in [-0.2, 0) is 17.5 Å². The third-order valence-corrected chi connectivity index (χ3v) is 8.03. The Kier molecular flexibility index (Phi) is 8.52. The summed E-state index contributed by atoms with van der Waals surface area (Å²) in [5, 5.41) is 24.0. The standard InChI is InChI=1S/C30H25Cl2F3N2O5/c31-21-10-5-16(13-22(21)32)15-37(29(41)17-6-8-18(9-7-17)30(33,34)35)23-14-20(28(40)36-11-12-38)25-19-3-1-2-4-24(19)42-27(25)26(23)39/h1-10,13-14,23,25-27,38-39H,11-12,15H2,(H,36,40)/t23-,25+,26+,27+/m1/s1. The Bertz CT molecular complexity index is 1530. The third-order valence-electron chi connectivity index (χ3n) is 7.29. The molecule has 0 saturated heterocycles. The zero-order valence-electron chi connectivity index (χ0n) is 21.8. The number of fused-ring (bicyclic) bond motifs is 3.